The second-order valence-corrected chi connectivity index (χ2v) is 7.85. The second kappa shape index (κ2) is 8.42. The summed E-state index contributed by atoms with van der Waals surface area (Å²) >= 11 is 0. The predicted octanol–water partition coefficient (Wildman–Crippen LogP) is 3.45. The minimum Gasteiger partial charge on any atom is -0.467 e. The Balaban J connectivity index is 1.56. The first-order chi connectivity index (χ1) is 16.1. The number of carbonyl (C=O) groups is 1. The second-order valence-electron chi connectivity index (χ2n) is 7.85. The number of piperazine rings is 1. The number of para-hydroxylation sites is 1. The maximum atomic E-state index is 12.0. The van der Waals surface area contributed by atoms with E-state index in [1.165, 1.54) is 6.08 Å². The molecule has 4 aromatic rings. The highest BCUT2D eigenvalue weighted by Gasteiger charge is 2.24. The number of aromatic amines is 1. The van der Waals surface area contributed by atoms with Crippen molar-refractivity contribution < 1.29 is 14.3 Å². The summed E-state index contributed by atoms with van der Waals surface area (Å²) in [6.45, 7) is 8.06. The lowest BCUT2D eigenvalue weighted by Crippen LogP contribution is -2.48. The van der Waals surface area contributed by atoms with Gasteiger partial charge in [-0.25, -0.2) is 0 Å². The van der Waals surface area contributed by atoms with Crippen LogP contribution in [0.3, 0.4) is 0 Å². The van der Waals surface area contributed by atoms with Crippen LogP contribution < -0.4 is 14.4 Å². The smallest absolute Gasteiger partial charge is 0.318 e. The van der Waals surface area contributed by atoms with Gasteiger partial charge in [-0.05, 0) is 36.8 Å². The van der Waals surface area contributed by atoms with Crippen molar-refractivity contribution in [2.45, 2.75) is 6.92 Å². The molecular formula is C24H24N6O3. The van der Waals surface area contributed by atoms with Gasteiger partial charge < -0.3 is 19.3 Å². The lowest BCUT2D eigenvalue weighted by Gasteiger charge is -2.35. The molecule has 0 unspecified atom stereocenters. The van der Waals surface area contributed by atoms with Gasteiger partial charge in [-0.1, -0.05) is 18.7 Å². The third kappa shape index (κ3) is 3.71. The maximum absolute atomic E-state index is 12.0. The first-order valence-electron chi connectivity index (χ1n) is 10.7. The van der Waals surface area contributed by atoms with E-state index in [-0.39, 0.29) is 11.9 Å². The quantitative estimate of drug-likeness (QED) is 0.471. The fraction of sp³-hybridized carbons (Fsp3) is 0.250. The summed E-state index contributed by atoms with van der Waals surface area (Å²) < 4.78 is 11.8. The molecule has 1 aliphatic heterocycles. The lowest BCUT2D eigenvalue weighted by atomic mass is 10.1. The molecule has 1 fully saturated rings. The molecule has 0 bridgehead atoms. The Bertz CT molecular complexity index is 1360. The highest BCUT2D eigenvalue weighted by molar-refractivity contribution is 5.95. The third-order valence-corrected chi connectivity index (χ3v) is 5.88. The van der Waals surface area contributed by atoms with E-state index >= 15 is 0 Å². The van der Waals surface area contributed by atoms with Gasteiger partial charge in [0.1, 0.15) is 17.1 Å². The van der Waals surface area contributed by atoms with Gasteiger partial charge in [-0.15, -0.1) is 0 Å². The Labute approximate surface area is 190 Å². The number of nitrogens with one attached hydrogen (secondary N) is 1. The number of benzene rings is 2. The highest BCUT2D eigenvalue weighted by Crippen LogP contribution is 2.38. The molecule has 0 saturated carbocycles. The summed E-state index contributed by atoms with van der Waals surface area (Å²) in [5.74, 6) is 2.03. The number of H-pyrrole nitrogens is 1. The normalized spacial score (nSPS) is 14.0. The van der Waals surface area contributed by atoms with Gasteiger partial charge in [0, 0.05) is 31.6 Å². The fourth-order valence-corrected chi connectivity index (χ4v) is 4.12. The van der Waals surface area contributed by atoms with E-state index in [0.29, 0.717) is 37.4 Å². The third-order valence-electron chi connectivity index (χ3n) is 5.88. The van der Waals surface area contributed by atoms with E-state index in [0.717, 1.165) is 33.4 Å². The van der Waals surface area contributed by atoms with E-state index in [4.69, 9.17) is 9.47 Å². The van der Waals surface area contributed by atoms with Gasteiger partial charge in [0.2, 0.25) is 5.91 Å². The van der Waals surface area contributed by atoms with Crippen molar-refractivity contribution >= 4 is 33.5 Å². The highest BCUT2D eigenvalue weighted by atomic mass is 16.5. The van der Waals surface area contributed by atoms with Crippen LogP contribution in [0.25, 0.3) is 21.8 Å². The van der Waals surface area contributed by atoms with Gasteiger partial charge in [0.15, 0.2) is 5.75 Å². The van der Waals surface area contributed by atoms with Crippen molar-refractivity contribution in [1.29, 1.82) is 0 Å². The van der Waals surface area contributed by atoms with Crippen LogP contribution in [0.4, 0.5) is 5.82 Å². The van der Waals surface area contributed by atoms with Crippen molar-refractivity contribution in [3.8, 4) is 17.5 Å². The number of aryl methyl sites for hydroxylation is 1. The molecule has 1 amide bonds. The molecule has 0 radical (unpaired) electrons. The van der Waals surface area contributed by atoms with Crippen LogP contribution >= 0.6 is 0 Å². The van der Waals surface area contributed by atoms with E-state index in [9.17, 15) is 4.79 Å². The summed E-state index contributed by atoms with van der Waals surface area (Å²) in [7, 11) is 1.55. The molecule has 0 spiro atoms. The molecule has 5 rings (SSSR count). The molecule has 9 heteroatoms. The number of amides is 1. The van der Waals surface area contributed by atoms with Crippen molar-refractivity contribution in [2.24, 2.45) is 0 Å². The summed E-state index contributed by atoms with van der Waals surface area (Å²) in [4.78, 5) is 25.1. The van der Waals surface area contributed by atoms with E-state index in [2.05, 4.69) is 31.6 Å². The summed E-state index contributed by atoms with van der Waals surface area (Å²) in [5.41, 5.74) is 2.55. The number of hydrogen-bond donors (Lipinski definition) is 1. The number of methoxy groups -OCH3 is 1. The van der Waals surface area contributed by atoms with Crippen molar-refractivity contribution in [2.75, 3.05) is 38.2 Å². The van der Waals surface area contributed by atoms with Gasteiger partial charge in [-0.2, -0.15) is 15.1 Å². The Morgan fingerprint density at radius 1 is 1.12 bits per heavy atom. The fourth-order valence-electron chi connectivity index (χ4n) is 4.12. The standard InChI is InChI=1S/C24H24N6O3/c1-4-20(31)29-10-12-30(13-11-29)23-16-6-5-7-19(21(16)26-24(27-23)32-3)33-22-15(2)8-9-18-17(22)14-25-28-18/h4-9,14H,1,10-13H2,2-3H3,(H,25,28). The Kier molecular flexibility index (Phi) is 5.29. The van der Waals surface area contributed by atoms with Crippen molar-refractivity contribution in [3.05, 3.63) is 54.7 Å². The van der Waals surface area contributed by atoms with Crippen LogP contribution in [0.15, 0.2) is 49.2 Å². The molecule has 0 atom stereocenters. The van der Waals surface area contributed by atoms with Crippen molar-refractivity contribution in [3.63, 3.8) is 0 Å². The van der Waals surface area contributed by atoms with Gasteiger partial charge in [0.25, 0.3) is 0 Å². The SMILES string of the molecule is C=CC(=O)N1CCN(c2nc(OC)nc3c(Oc4c(C)ccc5[nH]ncc45)cccc23)CC1. The van der Waals surface area contributed by atoms with Gasteiger partial charge in [0.05, 0.1) is 24.2 Å². The molecule has 1 N–H and O–H groups in total. The Morgan fingerprint density at radius 2 is 1.94 bits per heavy atom. The molecule has 0 aliphatic carbocycles. The van der Waals surface area contributed by atoms with Crippen LogP contribution in [0, 0.1) is 6.92 Å². The zero-order valence-electron chi connectivity index (χ0n) is 18.5. The minimum absolute atomic E-state index is 0.0562. The Morgan fingerprint density at radius 3 is 2.70 bits per heavy atom. The number of aromatic nitrogens is 4. The van der Waals surface area contributed by atoms with Crippen LogP contribution in [0.2, 0.25) is 0 Å². The van der Waals surface area contributed by atoms with Crippen LogP contribution in [0.1, 0.15) is 5.56 Å². The predicted molar refractivity (Wildman–Crippen MR) is 126 cm³/mol. The van der Waals surface area contributed by atoms with Crippen molar-refractivity contribution in [1.82, 2.24) is 25.1 Å². The first-order valence-corrected chi connectivity index (χ1v) is 10.7. The zero-order valence-corrected chi connectivity index (χ0v) is 18.5. The number of nitrogens with zero attached hydrogens (tertiary/aromatic N) is 5. The number of ether oxygens (including phenoxy) is 2. The van der Waals surface area contributed by atoms with Crippen LogP contribution in [0.5, 0.6) is 17.5 Å². The minimum atomic E-state index is -0.0562. The maximum Gasteiger partial charge on any atom is 0.318 e. The first kappa shape index (κ1) is 20.7. The number of carbonyl (C=O) groups excluding carboxylic acids is 1. The van der Waals surface area contributed by atoms with Gasteiger partial charge >= 0.3 is 6.01 Å². The van der Waals surface area contributed by atoms with Crippen LogP contribution in [-0.2, 0) is 4.79 Å². The topological polar surface area (TPSA) is 96.5 Å². The largest absolute Gasteiger partial charge is 0.467 e. The number of anilines is 1. The molecule has 9 nitrogen and oxygen atoms in total. The number of fused-ring (bicyclic) bond motifs is 2. The number of hydrogen-bond acceptors (Lipinski definition) is 7. The monoisotopic (exact) mass is 444 g/mol. The van der Waals surface area contributed by atoms with E-state index in [1.807, 2.05) is 37.3 Å². The van der Waals surface area contributed by atoms with E-state index in [1.54, 1.807) is 18.2 Å². The molecule has 3 heterocycles. The molecular weight excluding hydrogens is 420 g/mol. The van der Waals surface area contributed by atoms with Crippen LogP contribution in [-0.4, -0.2) is 64.3 Å². The Hall–Kier alpha value is -4.14. The molecule has 168 valence electrons. The molecule has 33 heavy (non-hydrogen) atoms. The molecule has 2 aromatic heterocycles. The van der Waals surface area contributed by atoms with Gasteiger partial charge in [-0.3, -0.25) is 9.89 Å². The summed E-state index contributed by atoms with van der Waals surface area (Å²) in [6.07, 6.45) is 3.11. The molecule has 1 aliphatic rings. The molecule has 1 saturated heterocycles. The average molecular weight is 444 g/mol. The zero-order chi connectivity index (χ0) is 22.9. The average Bonchev–Trinajstić information content (AvgIpc) is 3.34. The lowest BCUT2D eigenvalue weighted by molar-refractivity contribution is -0.126. The summed E-state index contributed by atoms with van der Waals surface area (Å²) in [5, 5.41) is 8.88. The van der Waals surface area contributed by atoms with E-state index < -0.39 is 0 Å². The molecule has 2 aromatic carbocycles. The number of rotatable bonds is 5. The summed E-state index contributed by atoms with van der Waals surface area (Å²) in [6, 6.07) is 10.0.